The summed E-state index contributed by atoms with van der Waals surface area (Å²) >= 11 is 0. The Morgan fingerprint density at radius 3 is 3.04 bits per heavy atom. The van der Waals surface area contributed by atoms with Crippen molar-refractivity contribution in [2.24, 2.45) is 0 Å². The summed E-state index contributed by atoms with van der Waals surface area (Å²) in [7, 11) is 0. The fourth-order valence-corrected chi connectivity index (χ4v) is 4.29. The van der Waals surface area contributed by atoms with Crippen LogP contribution < -0.4 is 14.8 Å². The highest BCUT2D eigenvalue weighted by Crippen LogP contribution is 2.38. The first kappa shape index (κ1) is 19.3. The van der Waals surface area contributed by atoms with Gasteiger partial charge in [0.15, 0.2) is 5.75 Å². The minimum atomic E-state index is -1.03. The largest absolute Gasteiger partial charge is 0.461 e. The number of alkyl halides is 1. The van der Waals surface area contributed by atoms with E-state index in [0.29, 0.717) is 18.9 Å². The van der Waals surface area contributed by atoms with E-state index < -0.39 is 23.9 Å². The average Bonchev–Trinajstić information content (AvgIpc) is 3.05. The Bertz CT molecular complexity index is 730. The number of aromatic nitrogens is 2. The molecule has 2 N–H and O–H groups in total. The van der Waals surface area contributed by atoms with Crippen LogP contribution in [0.4, 0.5) is 9.18 Å². The Morgan fingerprint density at radius 1 is 1.50 bits per heavy atom. The van der Waals surface area contributed by atoms with Crippen molar-refractivity contribution in [3.63, 3.8) is 0 Å². The van der Waals surface area contributed by atoms with E-state index in [-0.39, 0.29) is 43.9 Å². The molecule has 3 aliphatic heterocycles. The molecular formula is C18H25FN4O5. The third kappa shape index (κ3) is 3.63. The Balaban J connectivity index is 1.52. The van der Waals surface area contributed by atoms with Gasteiger partial charge in [-0.05, 0) is 19.8 Å². The van der Waals surface area contributed by atoms with Crippen molar-refractivity contribution in [3.8, 4) is 11.8 Å². The number of ether oxygens (including phenoxy) is 3. The van der Waals surface area contributed by atoms with Crippen LogP contribution in [-0.2, 0) is 11.3 Å². The molecule has 3 atom stereocenters. The van der Waals surface area contributed by atoms with Gasteiger partial charge in [-0.15, -0.1) is 0 Å². The number of hydrogen-bond donors (Lipinski definition) is 2. The molecule has 0 aromatic carbocycles. The zero-order valence-electron chi connectivity index (χ0n) is 15.8. The van der Waals surface area contributed by atoms with Crippen molar-refractivity contribution in [3.05, 3.63) is 11.9 Å². The van der Waals surface area contributed by atoms with Gasteiger partial charge in [0.05, 0.1) is 24.4 Å². The molecule has 10 heteroatoms. The van der Waals surface area contributed by atoms with E-state index in [4.69, 9.17) is 14.2 Å². The quantitative estimate of drug-likeness (QED) is 0.753. The van der Waals surface area contributed by atoms with Gasteiger partial charge < -0.3 is 24.6 Å². The number of hydrogen-bond acceptors (Lipinski definition) is 8. The van der Waals surface area contributed by atoms with Crippen molar-refractivity contribution in [2.75, 3.05) is 26.4 Å². The molecule has 1 aromatic rings. The van der Waals surface area contributed by atoms with Crippen LogP contribution in [0, 0.1) is 0 Å². The van der Waals surface area contributed by atoms with E-state index in [2.05, 4.69) is 15.3 Å². The molecule has 0 spiro atoms. The number of fused-ring (bicyclic) bond motifs is 1. The standard InChI is InChI=1S/C18H25FN4O5/c1-11(24)18(6-12(19)9-23(18)13-2-4-26-5-3-13)10-27-16-20-8-15-14(22-16)7-21-17(25)28-15/h8,11-13,24H,2-7,9-10H2,1H3,(H,21,25)/t11-,12+,18-/m0/s1. The van der Waals surface area contributed by atoms with E-state index in [1.54, 1.807) is 6.92 Å². The molecule has 0 bridgehead atoms. The lowest BCUT2D eigenvalue weighted by molar-refractivity contribution is -0.0697. The maximum atomic E-state index is 14.4. The first-order valence-electron chi connectivity index (χ1n) is 9.59. The van der Waals surface area contributed by atoms with Crippen molar-refractivity contribution in [2.45, 2.75) is 56.6 Å². The second-order valence-corrected chi connectivity index (χ2v) is 7.57. The Labute approximate surface area is 162 Å². The van der Waals surface area contributed by atoms with Crippen LogP contribution in [-0.4, -0.2) is 76.3 Å². The monoisotopic (exact) mass is 396 g/mol. The molecule has 1 aromatic heterocycles. The summed E-state index contributed by atoms with van der Waals surface area (Å²) in [6.45, 7) is 3.49. The van der Waals surface area contributed by atoms with Crippen LogP contribution in [0.25, 0.3) is 0 Å². The second-order valence-electron chi connectivity index (χ2n) is 7.57. The van der Waals surface area contributed by atoms with E-state index >= 15 is 0 Å². The number of carbonyl (C=O) groups is 1. The number of aliphatic hydroxyl groups is 1. The lowest BCUT2D eigenvalue weighted by Crippen LogP contribution is -2.60. The van der Waals surface area contributed by atoms with Crippen molar-refractivity contribution in [1.82, 2.24) is 20.2 Å². The second kappa shape index (κ2) is 7.76. The van der Waals surface area contributed by atoms with Crippen LogP contribution in [0.5, 0.6) is 11.8 Å². The molecule has 0 unspecified atom stereocenters. The number of likely N-dealkylation sites (tertiary alicyclic amines) is 1. The number of nitrogens with one attached hydrogen (secondary N) is 1. The van der Waals surface area contributed by atoms with Crippen LogP contribution in [0.15, 0.2) is 6.20 Å². The number of amides is 1. The molecule has 0 radical (unpaired) electrons. The maximum Gasteiger partial charge on any atom is 0.413 e. The predicted octanol–water partition coefficient (Wildman–Crippen LogP) is 0.800. The normalized spacial score (nSPS) is 29.7. The van der Waals surface area contributed by atoms with Gasteiger partial charge in [0.2, 0.25) is 0 Å². The van der Waals surface area contributed by atoms with Gasteiger partial charge in [-0.25, -0.2) is 9.18 Å². The zero-order valence-corrected chi connectivity index (χ0v) is 15.8. The number of halogens is 1. The summed E-state index contributed by atoms with van der Waals surface area (Å²) in [6.07, 6.45) is 0.789. The number of carbonyl (C=O) groups excluding carboxylic acids is 1. The molecular weight excluding hydrogens is 371 g/mol. The summed E-state index contributed by atoms with van der Waals surface area (Å²) in [5.41, 5.74) is -0.349. The topological polar surface area (TPSA) is 106 Å². The molecule has 0 saturated carbocycles. The number of rotatable bonds is 5. The molecule has 28 heavy (non-hydrogen) atoms. The molecule has 9 nitrogen and oxygen atoms in total. The van der Waals surface area contributed by atoms with E-state index in [1.165, 1.54) is 6.20 Å². The van der Waals surface area contributed by atoms with Crippen molar-refractivity contribution >= 4 is 6.09 Å². The molecule has 1 amide bonds. The molecule has 0 aliphatic carbocycles. The highest BCUT2D eigenvalue weighted by atomic mass is 19.1. The predicted molar refractivity (Wildman–Crippen MR) is 94.9 cm³/mol. The van der Waals surface area contributed by atoms with Crippen molar-refractivity contribution < 1.29 is 28.5 Å². The van der Waals surface area contributed by atoms with Gasteiger partial charge in [-0.1, -0.05) is 0 Å². The minimum Gasteiger partial charge on any atom is -0.461 e. The molecule has 2 fully saturated rings. The fraction of sp³-hybridized carbons (Fsp3) is 0.722. The van der Waals surface area contributed by atoms with Crippen LogP contribution in [0.2, 0.25) is 0 Å². The van der Waals surface area contributed by atoms with Gasteiger partial charge in [0.1, 0.15) is 18.5 Å². The van der Waals surface area contributed by atoms with E-state index in [9.17, 15) is 14.3 Å². The summed E-state index contributed by atoms with van der Waals surface area (Å²) in [5, 5.41) is 13.1. The first-order chi connectivity index (χ1) is 13.5. The molecule has 3 aliphatic rings. The van der Waals surface area contributed by atoms with Crippen LogP contribution in [0.1, 0.15) is 31.9 Å². The molecule has 2 saturated heterocycles. The zero-order chi connectivity index (χ0) is 19.7. The SMILES string of the molecule is C[C@H](O)[C@@]1(COc2ncc3c(n2)CNC(=O)O3)C[C@@H](F)CN1C1CCOCC1. The Morgan fingerprint density at radius 2 is 2.29 bits per heavy atom. The highest BCUT2D eigenvalue weighted by Gasteiger charge is 2.52. The molecule has 4 rings (SSSR count). The highest BCUT2D eigenvalue weighted by molar-refractivity contribution is 5.72. The van der Waals surface area contributed by atoms with Crippen LogP contribution in [0.3, 0.4) is 0 Å². The summed E-state index contributed by atoms with van der Waals surface area (Å²) in [5.74, 6) is 0.287. The number of nitrogens with zero attached hydrogens (tertiary/aromatic N) is 3. The van der Waals surface area contributed by atoms with Crippen LogP contribution >= 0.6 is 0 Å². The lowest BCUT2D eigenvalue weighted by Gasteiger charge is -2.45. The van der Waals surface area contributed by atoms with Gasteiger partial charge in [0, 0.05) is 32.2 Å². The maximum absolute atomic E-state index is 14.4. The Kier molecular flexibility index (Phi) is 5.35. The van der Waals surface area contributed by atoms with Gasteiger partial charge in [0.25, 0.3) is 0 Å². The lowest BCUT2D eigenvalue weighted by atomic mass is 9.88. The third-order valence-electron chi connectivity index (χ3n) is 5.81. The molecule has 4 heterocycles. The average molecular weight is 396 g/mol. The first-order valence-corrected chi connectivity index (χ1v) is 9.59. The minimum absolute atomic E-state index is 0.0639. The van der Waals surface area contributed by atoms with E-state index in [1.807, 2.05) is 4.90 Å². The Hall–Kier alpha value is -2.04. The smallest absolute Gasteiger partial charge is 0.413 e. The van der Waals surface area contributed by atoms with E-state index in [0.717, 1.165) is 12.8 Å². The van der Waals surface area contributed by atoms with Gasteiger partial charge >= 0.3 is 12.1 Å². The third-order valence-corrected chi connectivity index (χ3v) is 5.81. The van der Waals surface area contributed by atoms with Gasteiger partial charge in [-0.2, -0.15) is 9.97 Å². The summed E-state index contributed by atoms with van der Waals surface area (Å²) in [6, 6.07) is 0.244. The molecule has 154 valence electrons. The fourth-order valence-electron chi connectivity index (χ4n) is 4.29. The van der Waals surface area contributed by atoms with Gasteiger partial charge in [-0.3, -0.25) is 4.90 Å². The van der Waals surface area contributed by atoms with Crippen molar-refractivity contribution in [1.29, 1.82) is 0 Å². The number of aliphatic hydroxyl groups excluding tert-OH is 1. The summed E-state index contributed by atoms with van der Waals surface area (Å²) < 4.78 is 30.7. The summed E-state index contributed by atoms with van der Waals surface area (Å²) in [4.78, 5) is 21.6.